The van der Waals surface area contributed by atoms with E-state index in [9.17, 15) is 0 Å². The molecule has 2 aromatic rings. The number of benzene rings is 2. The van der Waals surface area contributed by atoms with Crippen LogP contribution in [-0.4, -0.2) is 20.1 Å². The van der Waals surface area contributed by atoms with Crippen LogP contribution in [0.5, 0.6) is 0 Å². The molecule has 0 saturated heterocycles. The fraction of sp³-hybridized carbons (Fsp3) is 0.278. The van der Waals surface area contributed by atoms with E-state index in [-0.39, 0.29) is 24.0 Å². The number of rotatable bonds is 6. The molecule has 0 unspecified atom stereocenters. The van der Waals surface area contributed by atoms with E-state index < -0.39 is 0 Å². The van der Waals surface area contributed by atoms with Crippen LogP contribution in [0, 0.1) is 0 Å². The molecule has 0 aliphatic heterocycles. The first-order valence-corrected chi connectivity index (χ1v) is 7.86. The molecule has 0 saturated carbocycles. The summed E-state index contributed by atoms with van der Waals surface area (Å²) in [4.78, 5) is 4.24. The van der Waals surface area contributed by atoms with Crippen LogP contribution in [0.25, 0.3) is 0 Å². The smallest absolute Gasteiger partial charge is 0.191 e. The molecule has 130 valence electrons. The first-order chi connectivity index (χ1) is 11.2. The third-order valence-electron chi connectivity index (χ3n) is 3.49. The predicted molar refractivity (Wildman–Crippen MR) is 111 cm³/mol. The van der Waals surface area contributed by atoms with Crippen LogP contribution < -0.4 is 10.6 Å². The van der Waals surface area contributed by atoms with Crippen LogP contribution in [0.4, 0.5) is 0 Å². The summed E-state index contributed by atoms with van der Waals surface area (Å²) in [7, 11) is 3.46. The molecule has 0 heterocycles. The molecule has 0 amide bonds. The monoisotopic (exact) mass is 459 g/mol. The zero-order valence-electron chi connectivity index (χ0n) is 13.9. The van der Waals surface area contributed by atoms with Crippen molar-refractivity contribution in [1.29, 1.82) is 0 Å². The summed E-state index contributed by atoms with van der Waals surface area (Å²) < 4.78 is 5.23. The van der Waals surface area contributed by atoms with Crippen LogP contribution in [0.2, 0.25) is 5.02 Å². The molecule has 0 aliphatic carbocycles. The zero-order valence-corrected chi connectivity index (χ0v) is 17.0. The average molecular weight is 460 g/mol. The fourth-order valence-electron chi connectivity index (χ4n) is 2.25. The molecule has 0 bridgehead atoms. The summed E-state index contributed by atoms with van der Waals surface area (Å²) in [6, 6.07) is 16.0. The molecule has 6 heteroatoms. The Morgan fingerprint density at radius 3 is 2.08 bits per heavy atom. The van der Waals surface area contributed by atoms with Crippen molar-refractivity contribution >= 4 is 41.5 Å². The van der Waals surface area contributed by atoms with Crippen molar-refractivity contribution in [3.63, 3.8) is 0 Å². The third kappa shape index (κ3) is 6.30. The van der Waals surface area contributed by atoms with E-state index in [1.54, 1.807) is 14.2 Å². The van der Waals surface area contributed by atoms with Gasteiger partial charge >= 0.3 is 0 Å². The SMILES string of the molecule is CN=C(NCc1ccccc1Cl)NCc1ccccc1COC.I. The van der Waals surface area contributed by atoms with Crippen LogP contribution in [0.1, 0.15) is 16.7 Å². The van der Waals surface area contributed by atoms with Crippen molar-refractivity contribution in [3.8, 4) is 0 Å². The first-order valence-electron chi connectivity index (χ1n) is 7.48. The standard InChI is InChI=1S/C18H22ClN3O.HI/c1-20-18(22-12-15-8-5-6-10-17(15)19)21-11-14-7-3-4-9-16(14)13-23-2;/h3-10H,11-13H2,1-2H3,(H2,20,21,22);1H. The molecule has 2 aromatic carbocycles. The van der Waals surface area contributed by atoms with Crippen molar-refractivity contribution < 1.29 is 4.74 Å². The molecule has 0 atom stereocenters. The summed E-state index contributed by atoms with van der Waals surface area (Å²) in [5.41, 5.74) is 3.40. The van der Waals surface area contributed by atoms with Crippen molar-refractivity contribution in [2.75, 3.05) is 14.2 Å². The first kappa shape index (κ1) is 20.7. The largest absolute Gasteiger partial charge is 0.380 e. The maximum atomic E-state index is 6.17. The summed E-state index contributed by atoms with van der Waals surface area (Å²) >= 11 is 6.17. The van der Waals surface area contributed by atoms with Gasteiger partial charge in [-0.05, 0) is 22.8 Å². The lowest BCUT2D eigenvalue weighted by atomic mass is 10.1. The lowest BCUT2D eigenvalue weighted by Gasteiger charge is -2.14. The Hall–Kier alpha value is -1.31. The van der Waals surface area contributed by atoms with Crippen LogP contribution >= 0.6 is 35.6 Å². The highest BCUT2D eigenvalue weighted by molar-refractivity contribution is 14.0. The molecular formula is C18H23ClIN3O. The zero-order chi connectivity index (χ0) is 16.5. The van der Waals surface area contributed by atoms with Gasteiger partial charge in [0.15, 0.2) is 5.96 Å². The summed E-state index contributed by atoms with van der Waals surface area (Å²) in [6.07, 6.45) is 0. The summed E-state index contributed by atoms with van der Waals surface area (Å²) in [6.45, 7) is 1.91. The number of aliphatic imine (C=N–C) groups is 1. The van der Waals surface area contributed by atoms with Crippen LogP contribution in [0.3, 0.4) is 0 Å². The fourth-order valence-corrected chi connectivity index (χ4v) is 2.45. The number of ether oxygens (including phenoxy) is 1. The van der Waals surface area contributed by atoms with Gasteiger partial charge in [0.25, 0.3) is 0 Å². The second-order valence-corrected chi connectivity index (χ2v) is 5.48. The molecule has 2 N–H and O–H groups in total. The normalized spacial score (nSPS) is 10.9. The van der Waals surface area contributed by atoms with Crippen molar-refractivity contribution in [3.05, 3.63) is 70.2 Å². The highest BCUT2D eigenvalue weighted by Crippen LogP contribution is 2.14. The Morgan fingerprint density at radius 1 is 0.958 bits per heavy atom. The number of hydrogen-bond acceptors (Lipinski definition) is 2. The molecule has 0 radical (unpaired) electrons. The molecular weight excluding hydrogens is 437 g/mol. The van der Waals surface area contributed by atoms with Gasteiger partial charge in [-0.1, -0.05) is 54.1 Å². The number of guanidine groups is 1. The Bertz CT molecular complexity index is 664. The highest BCUT2D eigenvalue weighted by atomic mass is 127. The van der Waals surface area contributed by atoms with E-state index in [0.29, 0.717) is 19.7 Å². The van der Waals surface area contributed by atoms with E-state index >= 15 is 0 Å². The molecule has 24 heavy (non-hydrogen) atoms. The third-order valence-corrected chi connectivity index (χ3v) is 3.86. The maximum Gasteiger partial charge on any atom is 0.191 e. The second-order valence-electron chi connectivity index (χ2n) is 5.07. The van der Waals surface area contributed by atoms with E-state index in [1.807, 2.05) is 36.4 Å². The van der Waals surface area contributed by atoms with Gasteiger partial charge in [0.05, 0.1) is 6.61 Å². The van der Waals surface area contributed by atoms with Crippen LogP contribution in [0.15, 0.2) is 53.5 Å². The predicted octanol–water partition coefficient (Wildman–Crippen LogP) is 3.97. The Labute approximate surface area is 165 Å². The van der Waals surface area contributed by atoms with Crippen molar-refractivity contribution in [2.45, 2.75) is 19.7 Å². The molecule has 2 rings (SSSR count). The van der Waals surface area contributed by atoms with Gasteiger partial charge in [-0.3, -0.25) is 4.99 Å². The summed E-state index contributed by atoms with van der Waals surface area (Å²) in [5.74, 6) is 0.733. The minimum absolute atomic E-state index is 0. The van der Waals surface area contributed by atoms with Gasteiger partial charge in [0, 0.05) is 32.3 Å². The highest BCUT2D eigenvalue weighted by Gasteiger charge is 2.04. The van der Waals surface area contributed by atoms with Gasteiger partial charge in [-0.25, -0.2) is 0 Å². The van der Waals surface area contributed by atoms with E-state index in [2.05, 4.69) is 27.8 Å². The minimum Gasteiger partial charge on any atom is -0.380 e. The number of methoxy groups -OCH3 is 1. The number of nitrogens with zero attached hydrogens (tertiary/aromatic N) is 1. The molecule has 0 aromatic heterocycles. The lowest BCUT2D eigenvalue weighted by Crippen LogP contribution is -2.36. The number of hydrogen-bond donors (Lipinski definition) is 2. The summed E-state index contributed by atoms with van der Waals surface area (Å²) in [5, 5.41) is 7.34. The number of halogens is 2. The molecule has 0 spiro atoms. The number of nitrogens with one attached hydrogen (secondary N) is 2. The minimum atomic E-state index is 0. The molecule has 4 nitrogen and oxygen atoms in total. The van der Waals surface area contributed by atoms with Gasteiger partial charge in [-0.15, -0.1) is 24.0 Å². The van der Waals surface area contributed by atoms with Gasteiger partial charge in [0.2, 0.25) is 0 Å². The quantitative estimate of drug-likeness (QED) is 0.390. The van der Waals surface area contributed by atoms with E-state index in [0.717, 1.165) is 16.5 Å². The van der Waals surface area contributed by atoms with E-state index in [4.69, 9.17) is 16.3 Å². The Kier molecular flexibility index (Phi) is 9.75. The van der Waals surface area contributed by atoms with Crippen molar-refractivity contribution in [2.24, 2.45) is 4.99 Å². The second kappa shape index (κ2) is 11.3. The maximum absolute atomic E-state index is 6.17. The van der Waals surface area contributed by atoms with Gasteiger partial charge < -0.3 is 15.4 Å². The van der Waals surface area contributed by atoms with Crippen molar-refractivity contribution in [1.82, 2.24) is 10.6 Å². The Morgan fingerprint density at radius 2 is 1.50 bits per heavy atom. The Balaban J connectivity index is 0.00000288. The van der Waals surface area contributed by atoms with Gasteiger partial charge in [-0.2, -0.15) is 0 Å². The topological polar surface area (TPSA) is 45.7 Å². The molecule has 0 aliphatic rings. The molecule has 0 fully saturated rings. The van der Waals surface area contributed by atoms with E-state index in [1.165, 1.54) is 11.1 Å². The lowest BCUT2D eigenvalue weighted by molar-refractivity contribution is 0.184. The van der Waals surface area contributed by atoms with Gasteiger partial charge in [0.1, 0.15) is 0 Å². The average Bonchev–Trinajstić information content (AvgIpc) is 2.58. The van der Waals surface area contributed by atoms with Crippen LogP contribution in [-0.2, 0) is 24.4 Å².